The normalized spacial score (nSPS) is 15.7. The Morgan fingerprint density at radius 2 is 2.09 bits per heavy atom. The number of amides is 1. The zero-order valence-corrected chi connectivity index (χ0v) is 19.9. The van der Waals surface area contributed by atoms with Gasteiger partial charge in [-0.25, -0.2) is 4.39 Å². The summed E-state index contributed by atoms with van der Waals surface area (Å²) >= 11 is 1.38. The summed E-state index contributed by atoms with van der Waals surface area (Å²) in [6.45, 7) is 6.38. The lowest BCUT2D eigenvalue weighted by atomic mass is 10.1. The number of hydrogen-bond donors (Lipinski definition) is 0. The van der Waals surface area contributed by atoms with Crippen molar-refractivity contribution in [1.29, 1.82) is 0 Å². The SMILES string of the molecule is CCn1c(SCC(=O)N(Cc2cccc(F)c2)CC2CCCO2)nnc1-c1cccc(C)c1. The zero-order valence-electron chi connectivity index (χ0n) is 19.0. The monoisotopic (exact) mass is 468 g/mol. The molecule has 1 unspecified atom stereocenters. The molecule has 2 aromatic carbocycles. The van der Waals surface area contributed by atoms with E-state index in [1.165, 1.54) is 23.9 Å². The van der Waals surface area contributed by atoms with Gasteiger partial charge >= 0.3 is 0 Å². The van der Waals surface area contributed by atoms with Gasteiger partial charge in [0.2, 0.25) is 5.91 Å². The highest BCUT2D eigenvalue weighted by Crippen LogP contribution is 2.25. The number of hydrogen-bond acceptors (Lipinski definition) is 5. The highest BCUT2D eigenvalue weighted by atomic mass is 32.2. The fourth-order valence-electron chi connectivity index (χ4n) is 4.04. The van der Waals surface area contributed by atoms with Gasteiger partial charge in [0.25, 0.3) is 0 Å². The van der Waals surface area contributed by atoms with Crippen molar-refractivity contribution in [3.8, 4) is 11.4 Å². The first-order valence-electron chi connectivity index (χ1n) is 11.3. The molecule has 1 amide bonds. The summed E-state index contributed by atoms with van der Waals surface area (Å²) in [6.07, 6.45) is 1.96. The number of aryl methyl sites for hydroxylation is 1. The second-order valence-corrected chi connectivity index (χ2v) is 9.19. The van der Waals surface area contributed by atoms with Crippen LogP contribution >= 0.6 is 11.8 Å². The van der Waals surface area contributed by atoms with Crippen LogP contribution in [0.25, 0.3) is 11.4 Å². The lowest BCUT2D eigenvalue weighted by Gasteiger charge is -2.25. The zero-order chi connectivity index (χ0) is 23.2. The van der Waals surface area contributed by atoms with Crippen molar-refractivity contribution in [1.82, 2.24) is 19.7 Å². The smallest absolute Gasteiger partial charge is 0.233 e. The van der Waals surface area contributed by atoms with Crippen LogP contribution in [0.3, 0.4) is 0 Å². The van der Waals surface area contributed by atoms with Crippen LogP contribution in [-0.2, 0) is 22.6 Å². The van der Waals surface area contributed by atoms with E-state index in [0.717, 1.165) is 42.0 Å². The maximum Gasteiger partial charge on any atom is 0.233 e. The molecule has 0 radical (unpaired) electrons. The first-order valence-corrected chi connectivity index (χ1v) is 12.3. The minimum atomic E-state index is -0.300. The van der Waals surface area contributed by atoms with E-state index in [0.29, 0.717) is 24.8 Å². The van der Waals surface area contributed by atoms with Gasteiger partial charge in [0.1, 0.15) is 5.82 Å². The van der Waals surface area contributed by atoms with Crippen LogP contribution in [0, 0.1) is 12.7 Å². The molecular formula is C25H29FN4O2S. The molecule has 8 heteroatoms. The minimum absolute atomic E-state index is 0.0254. The van der Waals surface area contributed by atoms with E-state index in [1.54, 1.807) is 11.0 Å². The van der Waals surface area contributed by atoms with E-state index in [1.807, 2.05) is 42.7 Å². The lowest BCUT2D eigenvalue weighted by Crippen LogP contribution is -2.38. The Morgan fingerprint density at radius 3 is 2.82 bits per heavy atom. The third-order valence-electron chi connectivity index (χ3n) is 5.70. The third kappa shape index (κ3) is 6.00. The van der Waals surface area contributed by atoms with Crippen LogP contribution in [0.15, 0.2) is 53.7 Å². The van der Waals surface area contributed by atoms with Crippen molar-refractivity contribution in [3.63, 3.8) is 0 Å². The molecule has 2 heterocycles. The number of rotatable bonds is 9. The van der Waals surface area contributed by atoms with E-state index in [2.05, 4.69) is 16.3 Å². The molecule has 33 heavy (non-hydrogen) atoms. The molecular weight excluding hydrogens is 439 g/mol. The Kier molecular flexibility index (Phi) is 7.77. The number of halogens is 1. The van der Waals surface area contributed by atoms with Crippen molar-refractivity contribution >= 4 is 17.7 Å². The second kappa shape index (κ2) is 10.9. The molecule has 0 saturated carbocycles. The Bertz CT molecular complexity index is 1100. The van der Waals surface area contributed by atoms with E-state index in [-0.39, 0.29) is 23.6 Å². The largest absolute Gasteiger partial charge is 0.376 e. The summed E-state index contributed by atoms with van der Waals surface area (Å²) in [5, 5.41) is 9.45. The topological polar surface area (TPSA) is 60.2 Å². The molecule has 1 saturated heterocycles. The van der Waals surface area contributed by atoms with Crippen molar-refractivity contribution in [2.45, 2.75) is 51.0 Å². The van der Waals surface area contributed by atoms with Crippen LogP contribution in [-0.4, -0.2) is 50.6 Å². The predicted molar refractivity (Wildman–Crippen MR) is 127 cm³/mol. The summed E-state index contributed by atoms with van der Waals surface area (Å²) in [5.41, 5.74) is 2.93. The highest BCUT2D eigenvalue weighted by molar-refractivity contribution is 7.99. The van der Waals surface area contributed by atoms with Gasteiger partial charge in [-0.05, 0) is 50.5 Å². The number of ether oxygens (including phenoxy) is 1. The molecule has 3 aromatic rings. The van der Waals surface area contributed by atoms with Crippen LogP contribution in [0.2, 0.25) is 0 Å². The minimum Gasteiger partial charge on any atom is -0.376 e. The van der Waals surface area contributed by atoms with Gasteiger partial charge in [-0.3, -0.25) is 4.79 Å². The number of thioether (sulfide) groups is 1. The van der Waals surface area contributed by atoms with Gasteiger partial charge in [0, 0.05) is 31.8 Å². The molecule has 0 bridgehead atoms. The van der Waals surface area contributed by atoms with Crippen molar-refractivity contribution in [3.05, 3.63) is 65.5 Å². The van der Waals surface area contributed by atoms with Gasteiger partial charge in [-0.1, -0.05) is 47.7 Å². The van der Waals surface area contributed by atoms with E-state index in [4.69, 9.17) is 4.74 Å². The number of benzene rings is 2. The number of aromatic nitrogens is 3. The third-order valence-corrected chi connectivity index (χ3v) is 6.65. The quantitative estimate of drug-likeness (QED) is 0.426. The summed E-state index contributed by atoms with van der Waals surface area (Å²) in [7, 11) is 0. The standard InChI is InChI=1S/C25H29FN4O2S/c1-3-30-24(20-9-4-7-18(2)13-20)27-28-25(30)33-17-23(31)29(16-22-11-6-12-32-22)15-19-8-5-10-21(26)14-19/h4-5,7-10,13-14,22H,3,6,11-12,15-17H2,1-2H3. The predicted octanol–water partition coefficient (Wildman–Crippen LogP) is 4.71. The maximum atomic E-state index is 13.7. The molecule has 1 aliphatic rings. The molecule has 4 rings (SSSR count). The molecule has 1 aromatic heterocycles. The first-order chi connectivity index (χ1) is 16.0. The molecule has 1 atom stereocenters. The summed E-state index contributed by atoms with van der Waals surface area (Å²) in [5.74, 6) is 0.703. The number of nitrogens with zero attached hydrogens (tertiary/aromatic N) is 4. The fourth-order valence-corrected chi connectivity index (χ4v) is 4.95. The maximum absolute atomic E-state index is 13.7. The fraction of sp³-hybridized carbons (Fsp3) is 0.400. The van der Waals surface area contributed by atoms with Gasteiger partial charge in [0.05, 0.1) is 11.9 Å². The molecule has 0 N–H and O–H groups in total. The number of carbonyl (C=O) groups is 1. The highest BCUT2D eigenvalue weighted by Gasteiger charge is 2.24. The molecule has 6 nitrogen and oxygen atoms in total. The number of carbonyl (C=O) groups excluding carboxylic acids is 1. The van der Waals surface area contributed by atoms with E-state index in [9.17, 15) is 9.18 Å². The summed E-state index contributed by atoms with van der Waals surface area (Å²) in [4.78, 5) is 15.0. The van der Waals surface area contributed by atoms with Crippen LogP contribution in [0.5, 0.6) is 0 Å². The van der Waals surface area contributed by atoms with Gasteiger partial charge in [0.15, 0.2) is 11.0 Å². The van der Waals surface area contributed by atoms with Crippen LogP contribution in [0.4, 0.5) is 4.39 Å². The van der Waals surface area contributed by atoms with Crippen LogP contribution in [0.1, 0.15) is 30.9 Å². The van der Waals surface area contributed by atoms with Gasteiger partial charge in [-0.2, -0.15) is 0 Å². The average molecular weight is 469 g/mol. The van der Waals surface area contributed by atoms with Crippen molar-refractivity contribution in [2.24, 2.45) is 0 Å². The molecule has 0 spiro atoms. The van der Waals surface area contributed by atoms with Crippen molar-refractivity contribution in [2.75, 3.05) is 18.9 Å². The lowest BCUT2D eigenvalue weighted by molar-refractivity contribution is -0.130. The average Bonchev–Trinajstić information content (AvgIpc) is 3.46. The van der Waals surface area contributed by atoms with Crippen LogP contribution < -0.4 is 0 Å². The Balaban J connectivity index is 1.47. The second-order valence-electron chi connectivity index (χ2n) is 8.25. The van der Waals surface area contributed by atoms with E-state index >= 15 is 0 Å². The Morgan fingerprint density at radius 1 is 1.24 bits per heavy atom. The Labute approximate surface area is 198 Å². The first kappa shape index (κ1) is 23.4. The Hall–Kier alpha value is -2.71. The molecule has 0 aliphatic carbocycles. The van der Waals surface area contributed by atoms with Crippen molar-refractivity contribution < 1.29 is 13.9 Å². The summed E-state index contributed by atoms with van der Waals surface area (Å²) in [6, 6.07) is 14.6. The van der Waals surface area contributed by atoms with Gasteiger partial charge < -0.3 is 14.2 Å². The molecule has 1 aliphatic heterocycles. The molecule has 174 valence electrons. The van der Waals surface area contributed by atoms with Gasteiger partial charge in [-0.15, -0.1) is 10.2 Å². The molecule has 1 fully saturated rings. The summed E-state index contributed by atoms with van der Waals surface area (Å²) < 4.78 is 21.5. The van der Waals surface area contributed by atoms with E-state index < -0.39 is 0 Å².